The summed E-state index contributed by atoms with van der Waals surface area (Å²) in [7, 11) is -3.32. The minimum atomic E-state index is -3.32. The number of likely N-dealkylation sites (N-methyl/N-ethyl adjacent to an activating group) is 1. The number of amides is 1. The van der Waals surface area contributed by atoms with E-state index in [1.165, 1.54) is 17.6 Å². The van der Waals surface area contributed by atoms with Crippen LogP contribution >= 0.6 is 35.5 Å². The third kappa shape index (κ3) is 6.70. The molecule has 180 valence electrons. The van der Waals surface area contributed by atoms with Crippen LogP contribution in [0.4, 0.5) is 5.13 Å². The van der Waals surface area contributed by atoms with Crippen LogP contribution in [0.15, 0.2) is 52.3 Å². The number of nitrogens with zero attached hydrogens (tertiary/aromatic N) is 3. The number of hydrogen-bond donors (Lipinski definition) is 0. The summed E-state index contributed by atoms with van der Waals surface area (Å²) >= 11 is 2.99. The molecule has 0 saturated heterocycles. The van der Waals surface area contributed by atoms with Crippen LogP contribution in [0.2, 0.25) is 0 Å². The lowest BCUT2D eigenvalue weighted by Gasteiger charge is -2.25. The van der Waals surface area contributed by atoms with Gasteiger partial charge < -0.3 is 4.90 Å². The zero-order valence-electron chi connectivity index (χ0n) is 19.3. The second kappa shape index (κ2) is 12.2. The second-order valence-corrected chi connectivity index (χ2v) is 11.6. The Labute approximate surface area is 210 Å². The monoisotopic (exact) mass is 527 g/mol. The van der Waals surface area contributed by atoms with E-state index >= 15 is 0 Å². The highest BCUT2D eigenvalue weighted by Crippen LogP contribution is 2.32. The summed E-state index contributed by atoms with van der Waals surface area (Å²) in [5, 5.41) is 0.583. The minimum Gasteiger partial charge on any atom is -0.302 e. The molecule has 0 N–H and O–H groups in total. The Morgan fingerprint density at radius 3 is 2.39 bits per heavy atom. The Morgan fingerprint density at radius 1 is 1.06 bits per heavy atom. The second-order valence-electron chi connectivity index (χ2n) is 7.31. The van der Waals surface area contributed by atoms with E-state index < -0.39 is 9.84 Å². The predicted molar refractivity (Wildman–Crippen MR) is 142 cm³/mol. The Hall–Kier alpha value is -1.65. The van der Waals surface area contributed by atoms with Gasteiger partial charge in [0.1, 0.15) is 0 Å². The fraction of sp³-hybridized carbons (Fsp3) is 0.391. The van der Waals surface area contributed by atoms with E-state index in [2.05, 4.69) is 25.7 Å². The summed E-state index contributed by atoms with van der Waals surface area (Å²) in [6.45, 7) is 9.31. The van der Waals surface area contributed by atoms with E-state index in [0.29, 0.717) is 22.8 Å². The van der Waals surface area contributed by atoms with Crippen molar-refractivity contribution in [3.05, 3.63) is 48.0 Å². The molecular formula is C23H30ClN3O3S3. The molecule has 6 nitrogen and oxygen atoms in total. The number of thioether (sulfide) groups is 1. The summed E-state index contributed by atoms with van der Waals surface area (Å²) in [6.07, 6.45) is 1.19. The van der Waals surface area contributed by atoms with E-state index in [1.54, 1.807) is 34.9 Å². The van der Waals surface area contributed by atoms with Gasteiger partial charge in [-0.15, -0.1) is 24.2 Å². The highest BCUT2D eigenvalue weighted by molar-refractivity contribution is 7.99. The fourth-order valence-electron chi connectivity index (χ4n) is 3.37. The van der Waals surface area contributed by atoms with Gasteiger partial charge in [-0.3, -0.25) is 9.69 Å². The predicted octanol–water partition coefficient (Wildman–Crippen LogP) is 5.22. The first-order valence-electron chi connectivity index (χ1n) is 10.6. The molecule has 0 aliphatic heterocycles. The summed E-state index contributed by atoms with van der Waals surface area (Å²) in [4.78, 5) is 23.6. The first kappa shape index (κ1) is 27.6. The lowest BCUT2D eigenvalue weighted by molar-refractivity contribution is 0.0981. The summed E-state index contributed by atoms with van der Waals surface area (Å²) in [5.74, 6) is 0.787. The van der Waals surface area contributed by atoms with Crippen LogP contribution < -0.4 is 4.90 Å². The molecule has 10 heteroatoms. The molecule has 1 amide bonds. The Morgan fingerprint density at radius 2 is 1.76 bits per heavy atom. The topological polar surface area (TPSA) is 70.6 Å². The van der Waals surface area contributed by atoms with E-state index in [0.717, 1.165) is 35.0 Å². The Kier molecular flexibility index (Phi) is 10.2. The normalized spacial score (nSPS) is 11.5. The van der Waals surface area contributed by atoms with E-state index in [9.17, 15) is 13.2 Å². The van der Waals surface area contributed by atoms with Crippen LogP contribution in [-0.2, 0) is 9.84 Å². The van der Waals surface area contributed by atoms with Gasteiger partial charge in [-0.2, -0.15) is 0 Å². The van der Waals surface area contributed by atoms with Crippen molar-refractivity contribution in [3.8, 4) is 0 Å². The molecule has 0 atom stereocenters. The smallest absolute Gasteiger partial charge is 0.261 e. The number of carbonyl (C=O) groups excluding carboxylic acids is 1. The van der Waals surface area contributed by atoms with Crippen molar-refractivity contribution < 1.29 is 13.2 Å². The van der Waals surface area contributed by atoms with Crippen LogP contribution in [0, 0.1) is 0 Å². The largest absolute Gasteiger partial charge is 0.302 e. The van der Waals surface area contributed by atoms with Crippen molar-refractivity contribution in [2.24, 2.45) is 0 Å². The molecule has 3 aromatic rings. The first-order chi connectivity index (χ1) is 15.3. The highest BCUT2D eigenvalue weighted by atomic mass is 35.5. The molecule has 0 aliphatic rings. The van der Waals surface area contributed by atoms with Gasteiger partial charge in [-0.1, -0.05) is 44.2 Å². The zero-order valence-corrected chi connectivity index (χ0v) is 22.5. The molecule has 0 aliphatic carbocycles. The van der Waals surface area contributed by atoms with Gasteiger partial charge in [0.15, 0.2) is 15.0 Å². The number of carbonyl (C=O) groups is 1. The number of hydrogen-bond acceptors (Lipinski definition) is 7. The summed E-state index contributed by atoms with van der Waals surface area (Å²) in [5.41, 5.74) is 1.35. The van der Waals surface area contributed by atoms with Gasteiger partial charge in [-0.05, 0) is 49.2 Å². The number of aromatic nitrogens is 1. The van der Waals surface area contributed by atoms with Crippen molar-refractivity contribution in [3.63, 3.8) is 0 Å². The number of anilines is 1. The van der Waals surface area contributed by atoms with Crippen molar-refractivity contribution in [2.75, 3.05) is 43.1 Å². The molecule has 0 bridgehead atoms. The first-order valence-corrected chi connectivity index (χ1v) is 14.3. The molecule has 0 unspecified atom stereocenters. The Balaban J connectivity index is 0.00000385. The minimum absolute atomic E-state index is 0. The zero-order chi connectivity index (χ0) is 23.3. The van der Waals surface area contributed by atoms with Crippen molar-refractivity contribution in [1.29, 1.82) is 0 Å². The maximum Gasteiger partial charge on any atom is 0.261 e. The average Bonchev–Trinajstić information content (AvgIpc) is 3.19. The number of benzene rings is 2. The third-order valence-corrected chi connectivity index (χ3v) is 8.31. The van der Waals surface area contributed by atoms with Gasteiger partial charge >= 0.3 is 0 Å². The highest BCUT2D eigenvalue weighted by Gasteiger charge is 2.24. The molecule has 3 rings (SSSR count). The van der Waals surface area contributed by atoms with Crippen molar-refractivity contribution in [2.45, 2.75) is 30.6 Å². The van der Waals surface area contributed by atoms with Gasteiger partial charge in [0.05, 0.1) is 20.7 Å². The van der Waals surface area contributed by atoms with Crippen LogP contribution in [0.5, 0.6) is 0 Å². The molecule has 0 saturated carbocycles. The summed E-state index contributed by atoms with van der Waals surface area (Å²) < 4.78 is 24.7. The fourth-order valence-corrected chi connectivity index (χ4v) is 5.92. The van der Waals surface area contributed by atoms with E-state index in [4.69, 9.17) is 4.98 Å². The van der Waals surface area contributed by atoms with Crippen LogP contribution in [0.1, 0.15) is 31.1 Å². The van der Waals surface area contributed by atoms with Gasteiger partial charge in [0.2, 0.25) is 0 Å². The molecule has 0 spiro atoms. The van der Waals surface area contributed by atoms with Crippen molar-refractivity contribution >= 4 is 66.6 Å². The Bertz CT molecular complexity index is 1190. The lowest BCUT2D eigenvalue weighted by Crippen LogP contribution is -2.39. The maximum absolute atomic E-state index is 13.7. The maximum atomic E-state index is 13.7. The standard InChI is InChI=1S/C23H29N3O3S3.ClH/c1-5-25(6-2)14-15-26(22(27)18-10-8-9-11-20(18)30-7-3)23-24-19-13-12-17(32(4,28)29)16-21(19)31-23;/h8-13,16H,5-7,14-15H2,1-4H3;1H. The van der Waals surface area contributed by atoms with Gasteiger partial charge in [0.25, 0.3) is 5.91 Å². The molecule has 33 heavy (non-hydrogen) atoms. The van der Waals surface area contributed by atoms with Crippen LogP contribution in [0.3, 0.4) is 0 Å². The van der Waals surface area contributed by atoms with Crippen LogP contribution in [-0.4, -0.2) is 62.4 Å². The molecule has 2 aromatic carbocycles. The molecule has 0 fully saturated rings. The number of sulfone groups is 1. The lowest BCUT2D eigenvalue weighted by atomic mass is 10.2. The van der Waals surface area contributed by atoms with Gasteiger partial charge in [0, 0.05) is 24.2 Å². The third-order valence-electron chi connectivity index (χ3n) is 5.20. The molecule has 1 heterocycles. The number of halogens is 1. The molecular weight excluding hydrogens is 498 g/mol. The van der Waals surface area contributed by atoms with E-state index in [1.807, 2.05) is 24.3 Å². The molecule has 1 aromatic heterocycles. The van der Waals surface area contributed by atoms with Gasteiger partial charge in [-0.25, -0.2) is 13.4 Å². The number of thiazole rings is 1. The number of rotatable bonds is 10. The van der Waals surface area contributed by atoms with E-state index in [-0.39, 0.29) is 23.2 Å². The van der Waals surface area contributed by atoms with Crippen molar-refractivity contribution in [1.82, 2.24) is 9.88 Å². The number of fused-ring (bicyclic) bond motifs is 1. The SMILES string of the molecule is CCSc1ccccc1C(=O)N(CCN(CC)CC)c1nc2ccc(S(C)(=O)=O)cc2s1.Cl. The molecule has 0 radical (unpaired) electrons. The average molecular weight is 528 g/mol. The quantitative estimate of drug-likeness (QED) is 0.336. The van der Waals surface area contributed by atoms with Crippen LogP contribution in [0.25, 0.3) is 10.2 Å². The summed E-state index contributed by atoms with van der Waals surface area (Å²) in [6, 6.07) is 12.6.